The largest absolute Gasteiger partial charge is 0.508 e. The van der Waals surface area contributed by atoms with Crippen LogP contribution in [0, 0.1) is 0 Å². The number of phenols is 1. The van der Waals surface area contributed by atoms with E-state index in [4.69, 9.17) is 9.47 Å². The van der Waals surface area contributed by atoms with Crippen LogP contribution in [0.4, 0.5) is 0 Å². The van der Waals surface area contributed by atoms with Crippen molar-refractivity contribution >= 4 is 0 Å². The molecule has 2 heterocycles. The molecule has 1 N–H and O–H groups in total. The first-order valence-electron chi connectivity index (χ1n) is 8.68. The predicted octanol–water partition coefficient (Wildman–Crippen LogP) is 3.41. The minimum atomic E-state index is 0.0584. The third-order valence-corrected chi connectivity index (χ3v) is 4.91. The second-order valence-corrected chi connectivity index (χ2v) is 6.66. The zero-order chi connectivity index (χ0) is 16.4. The summed E-state index contributed by atoms with van der Waals surface area (Å²) >= 11 is 0. The third-order valence-electron chi connectivity index (χ3n) is 4.91. The number of hydrogen-bond donors (Lipinski definition) is 1. The van der Waals surface area contributed by atoms with Gasteiger partial charge in [0, 0.05) is 19.0 Å². The van der Waals surface area contributed by atoms with E-state index >= 15 is 0 Å². The van der Waals surface area contributed by atoms with Crippen molar-refractivity contribution in [1.29, 1.82) is 0 Å². The Hall–Kier alpha value is -2.20. The first kappa shape index (κ1) is 15.3. The topological polar surface area (TPSA) is 41.9 Å². The number of piperidine rings is 1. The molecule has 0 radical (unpaired) electrons. The van der Waals surface area contributed by atoms with Crippen molar-refractivity contribution in [3.8, 4) is 17.2 Å². The van der Waals surface area contributed by atoms with Crippen LogP contribution in [0.5, 0.6) is 17.2 Å². The number of rotatable bonds is 3. The number of nitrogens with zero attached hydrogens (tertiary/aromatic N) is 1. The molecule has 0 amide bonds. The zero-order valence-corrected chi connectivity index (χ0v) is 13.7. The van der Waals surface area contributed by atoms with E-state index in [-0.39, 0.29) is 6.10 Å². The standard InChI is InChI=1S/C20H23NO3/c22-18-8-2-1-7-17(18)15-6-5-11-21(12-15)13-16-14-23-19-9-3-4-10-20(19)24-16/h1-4,7-10,15-16,22H,5-6,11-14H2/t15?,16-/m0/s1. The summed E-state index contributed by atoms with van der Waals surface area (Å²) in [7, 11) is 0. The minimum Gasteiger partial charge on any atom is -0.508 e. The van der Waals surface area contributed by atoms with Gasteiger partial charge in [0.15, 0.2) is 11.5 Å². The second kappa shape index (κ2) is 6.73. The van der Waals surface area contributed by atoms with Crippen LogP contribution in [0.15, 0.2) is 48.5 Å². The van der Waals surface area contributed by atoms with E-state index < -0.39 is 0 Å². The Labute approximate surface area is 142 Å². The Morgan fingerprint density at radius 2 is 1.83 bits per heavy atom. The number of para-hydroxylation sites is 3. The molecule has 24 heavy (non-hydrogen) atoms. The van der Waals surface area contributed by atoms with Crippen molar-refractivity contribution in [2.75, 3.05) is 26.2 Å². The van der Waals surface area contributed by atoms with Gasteiger partial charge in [0.1, 0.15) is 18.5 Å². The molecule has 2 aliphatic heterocycles. The molecule has 1 fully saturated rings. The highest BCUT2D eigenvalue weighted by molar-refractivity contribution is 5.40. The average molecular weight is 325 g/mol. The first-order valence-corrected chi connectivity index (χ1v) is 8.68. The fourth-order valence-corrected chi connectivity index (χ4v) is 3.75. The Kier molecular flexibility index (Phi) is 4.30. The molecule has 2 aliphatic rings. The number of fused-ring (bicyclic) bond motifs is 1. The number of ether oxygens (including phenoxy) is 2. The van der Waals surface area contributed by atoms with Gasteiger partial charge in [-0.25, -0.2) is 0 Å². The number of benzene rings is 2. The SMILES string of the molecule is Oc1ccccc1C1CCCN(C[C@H]2COc3ccccc3O2)C1. The van der Waals surface area contributed by atoms with Crippen molar-refractivity contribution in [3.05, 3.63) is 54.1 Å². The van der Waals surface area contributed by atoms with Crippen LogP contribution < -0.4 is 9.47 Å². The van der Waals surface area contributed by atoms with Gasteiger partial charge in [-0.1, -0.05) is 30.3 Å². The smallest absolute Gasteiger partial charge is 0.161 e. The number of aromatic hydroxyl groups is 1. The van der Waals surface area contributed by atoms with E-state index in [1.54, 1.807) is 6.07 Å². The second-order valence-electron chi connectivity index (χ2n) is 6.66. The monoisotopic (exact) mass is 325 g/mol. The molecule has 4 rings (SSSR count). The average Bonchev–Trinajstić information content (AvgIpc) is 2.62. The summed E-state index contributed by atoms with van der Waals surface area (Å²) in [6.45, 7) is 3.48. The minimum absolute atomic E-state index is 0.0584. The molecule has 2 atom stereocenters. The molecule has 0 aliphatic carbocycles. The van der Waals surface area contributed by atoms with Crippen LogP contribution >= 0.6 is 0 Å². The van der Waals surface area contributed by atoms with E-state index in [9.17, 15) is 5.11 Å². The van der Waals surface area contributed by atoms with Crippen molar-refractivity contribution in [2.24, 2.45) is 0 Å². The summed E-state index contributed by atoms with van der Waals surface area (Å²) in [6.07, 6.45) is 2.32. The van der Waals surface area contributed by atoms with E-state index in [2.05, 4.69) is 4.90 Å². The Morgan fingerprint density at radius 1 is 1.04 bits per heavy atom. The van der Waals surface area contributed by atoms with Gasteiger partial charge in [-0.2, -0.15) is 0 Å². The summed E-state index contributed by atoms with van der Waals surface area (Å²) in [6, 6.07) is 15.5. The quantitative estimate of drug-likeness (QED) is 0.939. The zero-order valence-electron chi connectivity index (χ0n) is 13.7. The molecule has 1 unspecified atom stereocenters. The van der Waals surface area contributed by atoms with Crippen LogP contribution in [-0.2, 0) is 0 Å². The molecule has 1 saturated heterocycles. The fourth-order valence-electron chi connectivity index (χ4n) is 3.75. The van der Waals surface area contributed by atoms with Crippen molar-refractivity contribution in [3.63, 3.8) is 0 Å². The van der Waals surface area contributed by atoms with Crippen LogP contribution in [0.3, 0.4) is 0 Å². The summed E-state index contributed by atoms with van der Waals surface area (Å²) in [4.78, 5) is 2.43. The maximum absolute atomic E-state index is 10.1. The van der Waals surface area contributed by atoms with Gasteiger partial charge in [0.25, 0.3) is 0 Å². The molecule has 2 aromatic rings. The molecule has 0 aromatic heterocycles. The summed E-state index contributed by atoms with van der Waals surface area (Å²) in [5, 5.41) is 10.1. The molecule has 126 valence electrons. The molecule has 2 aromatic carbocycles. The Balaban J connectivity index is 1.40. The number of phenolic OH excluding ortho intramolecular Hbond substituents is 1. The summed E-state index contributed by atoms with van der Waals surface area (Å²) in [5.74, 6) is 2.47. The van der Waals surface area contributed by atoms with Gasteiger partial charge < -0.3 is 14.6 Å². The van der Waals surface area contributed by atoms with Gasteiger partial charge in [0.2, 0.25) is 0 Å². The highest BCUT2D eigenvalue weighted by Crippen LogP contribution is 2.34. The lowest BCUT2D eigenvalue weighted by Gasteiger charge is -2.36. The molecule has 0 spiro atoms. The van der Waals surface area contributed by atoms with Crippen molar-refractivity contribution in [1.82, 2.24) is 4.90 Å². The van der Waals surface area contributed by atoms with Crippen LogP contribution in [0.1, 0.15) is 24.3 Å². The first-order chi connectivity index (χ1) is 11.8. The normalized spacial score (nSPS) is 23.8. The maximum atomic E-state index is 10.1. The molecule has 0 saturated carbocycles. The van der Waals surface area contributed by atoms with E-state index in [0.717, 1.165) is 49.5 Å². The lowest BCUT2D eigenvalue weighted by molar-refractivity contribution is 0.0503. The van der Waals surface area contributed by atoms with E-state index in [0.29, 0.717) is 18.3 Å². The van der Waals surface area contributed by atoms with E-state index in [1.165, 1.54) is 0 Å². The van der Waals surface area contributed by atoms with Crippen LogP contribution in [0.2, 0.25) is 0 Å². The van der Waals surface area contributed by atoms with Crippen molar-refractivity contribution in [2.45, 2.75) is 24.9 Å². The van der Waals surface area contributed by atoms with Crippen molar-refractivity contribution < 1.29 is 14.6 Å². The maximum Gasteiger partial charge on any atom is 0.161 e. The Morgan fingerprint density at radius 3 is 2.71 bits per heavy atom. The molecular weight excluding hydrogens is 302 g/mol. The lowest BCUT2D eigenvalue weighted by Crippen LogP contribution is -2.44. The Bertz CT molecular complexity index is 703. The van der Waals surface area contributed by atoms with E-state index in [1.807, 2.05) is 42.5 Å². The van der Waals surface area contributed by atoms with Crippen LogP contribution in [0.25, 0.3) is 0 Å². The highest BCUT2D eigenvalue weighted by atomic mass is 16.6. The van der Waals surface area contributed by atoms with Gasteiger partial charge in [0.05, 0.1) is 0 Å². The van der Waals surface area contributed by atoms with Gasteiger partial charge in [-0.05, 0) is 43.1 Å². The third kappa shape index (κ3) is 3.20. The summed E-state index contributed by atoms with van der Waals surface area (Å²) in [5.41, 5.74) is 1.06. The van der Waals surface area contributed by atoms with Gasteiger partial charge >= 0.3 is 0 Å². The number of hydrogen-bond acceptors (Lipinski definition) is 4. The molecular formula is C20H23NO3. The number of likely N-dealkylation sites (tertiary alicyclic amines) is 1. The van der Waals surface area contributed by atoms with Gasteiger partial charge in [-0.3, -0.25) is 4.90 Å². The molecule has 4 heteroatoms. The van der Waals surface area contributed by atoms with Gasteiger partial charge in [-0.15, -0.1) is 0 Å². The molecule has 4 nitrogen and oxygen atoms in total. The lowest BCUT2D eigenvalue weighted by atomic mass is 9.90. The van der Waals surface area contributed by atoms with Crippen LogP contribution in [-0.4, -0.2) is 42.4 Å². The molecule has 0 bridgehead atoms. The highest BCUT2D eigenvalue weighted by Gasteiger charge is 2.28. The fraction of sp³-hybridized carbons (Fsp3) is 0.400. The summed E-state index contributed by atoms with van der Waals surface area (Å²) < 4.78 is 11.9. The predicted molar refractivity (Wildman–Crippen MR) is 92.9 cm³/mol.